The highest BCUT2D eigenvalue weighted by Gasteiger charge is 2.18. The molecule has 1 aliphatic carbocycles. The first-order valence-corrected chi connectivity index (χ1v) is 2.94. The first kappa shape index (κ1) is 4.33. The summed E-state index contributed by atoms with van der Waals surface area (Å²) in [6.07, 6.45) is 8.13. The van der Waals surface area contributed by atoms with Crippen molar-refractivity contribution in [3.63, 3.8) is 0 Å². The van der Waals surface area contributed by atoms with E-state index in [-0.39, 0.29) is 0 Å². The summed E-state index contributed by atoms with van der Waals surface area (Å²) in [5.41, 5.74) is 1.46. The maximum absolute atomic E-state index is 4.97. The molecule has 0 amide bonds. The van der Waals surface area contributed by atoms with E-state index in [1.807, 2.05) is 0 Å². The third-order valence-corrected chi connectivity index (χ3v) is 1.32. The number of epoxide rings is 1. The molecule has 0 bridgehead atoms. The molecule has 1 fully saturated rings. The first-order chi connectivity index (χ1) is 3.95. The smallest absolute Gasteiger partial charge is 0.0994 e. The number of hydrogen-bond donors (Lipinski definition) is 0. The van der Waals surface area contributed by atoms with E-state index in [2.05, 4.69) is 18.2 Å². The Bertz CT molecular complexity index is 152. The Morgan fingerprint density at radius 2 is 2.50 bits per heavy atom. The minimum Gasteiger partial charge on any atom is -0.369 e. The van der Waals surface area contributed by atoms with Crippen molar-refractivity contribution in [2.24, 2.45) is 0 Å². The van der Waals surface area contributed by atoms with Crippen LogP contribution < -0.4 is 0 Å². The Hall–Kier alpha value is -0.560. The van der Waals surface area contributed by atoms with Crippen molar-refractivity contribution >= 4 is 0 Å². The van der Waals surface area contributed by atoms with Crippen molar-refractivity contribution in [1.29, 1.82) is 0 Å². The Balaban J connectivity index is 1.85. The van der Waals surface area contributed by atoms with Gasteiger partial charge < -0.3 is 4.74 Å². The van der Waals surface area contributed by atoms with Crippen molar-refractivity contribution in [1.82, 2.24) is 0 Å². The number of rotatable bonds is 2. The van der Waals surface area contributed by atoms with E-state index in [1.165, 1.54) is 12.0 Å². The molecule has 0 saturated carbocycles. The molecule has 0 aromatic carbocycles. The molecule has 8 heavy (non-hydrogen) atoms. The second kappa shape index (κ2) is 1.46. The third kappa shape index (κ3) is 0.984. The summed E-state index contributed by atoms with van der Waals surface area (Å²) in [5, 5.41) is 0. The van der Waals surface area contributed by atoms with E-state index >= 15 is 0 Å². The Kier molecular flexibility index (Phi) is 0.788. The molecular formula is C7H8O. The zero-order valence-corrected chi connectivity index (χ0v) is 4.63. The van der Waals surface area contributed by atoms with Crippen LogP contribution in [0.3, 0.4) is 0 Å². The number of ether oxygens (including phenoxy) is 1. The van der Waals surface area contributed by atoms with E-state index < -0.39 is 0 Å². The van der Waals surface area contributed by atoms with Gasteiger partial charge in [-0.25, -0.2) is 0 Å². The standard InChI is InChI=1S/C7H8O/c1-2-6(1)3-4-7-5-8-7/h1,3-4,7H,2,5H2/b4-3-. The summed E-state index contributed by atoms with van der Waals surface area (Å²) in [6, 6.07) is 0. The SMILES string of the molecule is C1=C(/C=C\C2CO2)C1. The fourth-order valence-corrected chi connectivity index (χ4v) is 0.593. The van der Waals surface area contributed by atoms with Gasteiger partial charge in [-0.1, -0.05) is 18.2 Å². The topological polar surface area (TPSA) is 12.5 Å². The minimum absolute atomic E-state index is 0.455. The van der Waals surface area contributed by atoms with Crippen LogP contribution in [-0.4, -0.2) is 12.7 Å². The molecule has 2 rings (SSSR count). The van der Waals surface area contributed by atoms with Gasteiger partial charge in [-0.05, 0) is 12.0 Å². The Morgan fingerprint density at radius 3 is 3.00 bits per heavy atom. The minimum atomic E-state index is 0.455. The average Bonchev–Trinajstić information content (AvgIpc) is 2.60. The summed E-state index contributed by atoms with van der Waals surface area (Å²) >= 11 is 0. The van der Waals surface area contributed by atoms with Crippen molar-refractivity contribution in [2.45, 2.75) is 12.5 Å². The fourth-order valence-electron chi connectivity index (χ4n) is 0.593. The highest BCUT2D eigenvalue weighted by atomic mass is 16.6. The van der Waals surface area contributed by atoms with Gasteiger partial charge >= 0.3 is 0 Å². The Labute approximate surface area is 48.7 Å². The van der Waals surface area contributed by atoms with Gasteiger partial charge in [0.05, 0.1) is 12.7 Å². The van der Waals surface area contributed by atoms with E-state index in [0.29, 0.717) is 6.10 Å². The van der Waals surface area contributed by atoms with Crippen LogP contribution >= 0.6 is 0 Å². The van der Waals surface area contributed by atoms with Gasteiger partial charge in [0.1, 0.15) is 0 Å². The van der Waals surface area contributed by atoms with Crippen molar-refractivity contribution in [2.75, 3.05) is 6.61 Å². The monoisotopic (exact) mass is 108 g/mol. The Morgan fingerprint density at radius 1 is 1.75 bits per heavy atom. The maximum atomic E-state index is 4.97. The molecule has 1 saturated heterocycles. The zero-order valence-electron chi connectivity index (χ0n) is 4.63. The van der Waals surface area contributed by atoms with Crippen molar-refractivity contribution < 1.29 is 4.74 Å². The number of hydrogen-bond acceptors (Lipinski definition) is 1. The molecule has 1 aliphatic heterocycles. The van der Waals surface area contributed by atoms with Crippen LogP contribution in [0.25, 0.3) is 0 Å². The molecule has 0 aromatic rings. The highest BCUT2D eigenvalue weighted by Crippen LogP contribution is 2.21. The molecule has 1 unspecified atom stereocenters. The summed E-state index contributed by atoms with van der Waals surface area (Å²) in [7, 11) is 0. The molecule has 2 aliphatic rings. The van der Waals surface area contributed by atoms with Gasteiger partial charge in [-0.3, -0.25) is 0 Å². The van der Waals surface area contributed by atoms with E-state index in [4.69, 9.17) is 4.74 Å². The molecule has 0 aromatic heterocycles. The summed E-state index contributed by atoms with van der Waals surface area (Å²) < 4.78 is 4.97. The lowest BCUT2D eigenvalue weighted by atomic mass is 10.3. The first-order valence-electron chi connectivity index (χ1n) is 2.94. The molecule has 0 spiro atoms. The summed E-state index contributed by atoms with van der Waals surface area (Å²) in [5.74, 6) is 0. The lowest BCUT2D eigenvalue weighted by Crippen LogP contribution is -1.70. The predicted molar refractivity (Wildman–Crippen MR) is 31.6 cm³/mol. The second-order valence-electron chi connectivity index (χ2n) is 2.21. The average molecular weight is 108 g/mol. The van der Waals surface area contributed by atoms with Gasteiger partial charge in [-0.15, -0.1) is 0 Å². The van der Waals surface area contributed by atoms with Crippen LogP contribution in [0.15, 0.2) is 23.8 Å². The molecular weight excluding hydrogens is 100 g/mol. The largest absolute Gasteiger partial charge is 0.369 e. The van der Waals surface area contributed by atoms with Gasteiger partial charge in [-0.2, -0.15) is 0 Å². The van der Waals surface area contributed by atoms with E-state index in [9.17, 15) is 0 Å². The van der Waals surface area contributed by atoms with Crippen molar-refractivity contribution in [3.05, 3.63) is 23.8 Å². The van der Waals surface area contributed by atoms with Crippen LogP contribution in [0, 0.1) is 0 Å². The normalized spacial score (nSPS) is 33.0. The van der Waals surface area contributed by atoms with E-state index in [1.54, 1.807) is 0 Å². The van der Waals surface area contributed by atoms with Crippen LogP contribution in [0.1, 0.15) is 6.42 Å². The molecule has 1 heteroatoms. The molecule has 1 nitrogen and oxygen atoms in total. The lowest BCUT2D eigenvalue weighted by molar-refractivity contribution is 0.440. The van der Waals surface area contributed by atoms with Crippen LogP contribution in [0.4, 0.5) is 0 Å². The van der Waals surface area contributed by atoms with Crippen LogP contribution in [0.5, 0.6) is 0 Å². The fraction of sp³-hybridized carbons (Fsp3) is 0.429. The highest BCUT2D eigenvalue weighted by molar-refractivity contribution is 5.34. The second-order valence-corrected chi connectivity index (χ2v) is 2.21. The zero-order chi connectivity index (χ0) is 5.40. The quantitative estimate of drug-likeness (QED) is 0.485. The molecule has 0 radical (unpaired) electrons. The van der Waals surface area contributed by atoms with Crippen LogP contribution in [-0.2, 0) is 4.74 Å². The lowest BCUT2D eigenvalue weighted by Gasteiger charge is -1.72. The molecule has 1 atom stereocenters. The molecule has 1 heterocycles. The molecule has 42 valence electrons. The van der Waals surface area contributed by atoms with E-state index in [0.717, 1.165) is 6.61 Å². The summed E-state index contributed by atoms with van der Waals surface area (Å²) in [4.78, 5) is 0. The van der Waals surface area contributed by atoms with Gasteiger partial charge in [0, 0.05) is 0 Å². The van der Waals surface area contributed by atoms with Crippen molar-refractivity contribution in [3.8, 4) is 0 Å². The third-order valence-electron chi connectivity index (χ3n) is 1.32. The predicted octanol–water partition coefficient (Wildman–Crippen LogP) is 1.27. The van der Waals surface area contributed by atoms with Gasteiger partial charge in [0.15, 0.2) is 0 Å². The number of allylic oxidation sites excluding steroid dienone is 3. The van der Waals surface area contributed by atoms with Gasteiger partial charge in [0.25, 0.3) is 0 Å². The summed E-state index contributed by atoms with van der Waals surface area (Å²) in [6.45, 7) is 0.934. The van der Waals surface area contributed by atoms with Crippen LogP contribution in [0.2, 0.25) is 0 Å². The maximum Gasteiger partial charge on any atom is 0.0994 e. The van der Waals surface area contributed by atoms with Gasteiger partial charge in [0.2, 0.25) is 0 Å². The molecule has 0 N–H and O–H groups in total.